The number of carbonyl (C=O) groups is 6. The van der Waals surface area contributed by atoms with Crippen LogP contribution in [0.5, 0.6) is 0 Å². The molecule has 16 atom stereocenters. The van der Waals surface area contributed by atoms with Gasteiger partial charge in [-0.25, -0.2) is 9.59 Å². The number of morpholine rings is 1. The van der Waals surface area contributed by atoms with E-state index < -0.39 is 102 Å². The summed E-state index contributed by atoms with van der Waals surface area (Å²) in [6.45, 7) is 18.3. The molecule has 4 saturated heterocycles. The third kappa shape index (κ3) is 19.1. The fourth-order valence-electron chi connectivity index (χ4n) is 12.3. The molecule has 82 heavy (non-hydrogen) atoms. The summed E-state index contributed by atoms with van der Waals surface area (Å²) in [6.07, 6.45) is 9.51. The number of ether oxygens (including phenoxy) is 9. The number of hydrogen-bond acceptors (Lipinski definition) is 18. The van der Waals surface area contributed by atoms with E-state index in [-0.39, 0.29) is 61.9 Å². The lowest BCUT2D eigenvalue weighted by Crippen LogP contribution is -2.61. The lowest BCUT2D eigenvalue weighted by atomic mass is 9.78. The van der Waals surface area contributed by atoms with Gasteiger partial charge >= 0.3 is 12.1 Å². The van der Waals surface area contributed by atoms with E-state index in [1.807, 2.05) is 58.1 Å². The summed E-state index contributed by atoms with van der Waals surface area (Å²) in [7, 11) is 2.96. The van der Waals surface area contributed by atoms with Gasteiger partial charge in [0.25, 0.3) is 11.7 Å². The average molecular weight is 1160 g/mol. The lowest BCUT2D eigenvalue weighted by molar-refractivity contribution is -0.266. The molecule has 5 heterocycles. The minimum Gasteiger partial charge on any atom is -0.460 e. The van der Waals surface area contributed by atoms with Gasteiger partial charge in [-0.05, 0) is 107 Å². The van der Waals surface area contributed by atoms with Crippen molar-refractivity contribution in [2.24, 2.45) is 35.5 Å². The maximum atomic E-state index is 14.7. The van der Waals surface area contributed by atoms with Crippen molar-refractivity contribution < 1.29 is 81.6 Å². The summed E-state index contributed by atoms with van der Waals surface area (Å²) >= 11 is 0. The van der Waals surface area contributed by atoms with Gasteiger partial charge in [-0.3, -0.25) is 24.1 Å². The topological polar surface area (TPSA) is 244 Å². The van der Waals surface area contributed by atoms with Crippen molar-refractivity contribution >= 4 is 35.3 Å². The quantitative estimate of drug-likeness (QED) is 0.115. The highest BCUT2D eigenvalue weighted by Gasteiger charge is 2.53. The number of alkyl carbamates (subject to hydrolysis) is 1. The van der Waals surface area contributed by atoms with Gasteiger partial charge in [-0.2, -0.15) is 0 Å². The van der Waals surface area contributed by atoms with Gasteiger partial charge in [-0.1, -0.05) is 71.1 Å². The molecule has 6 rings (SSSR count). The Hall–Kier alpha value is -4.22. The number of piperidine rings is 1. The summed E-state index contributed by atoms with van der Waals surface area (Å²) < 4.78 is 53.5. The molecule has 5 fully saturated rings. The van der Waals surface area contributed by atoms with Gasteiger partial charge in [0.2, 0.25) is 5.79 Å². The first-order valence-corrected chi connectivity index (χ1v) is 30.2. The van der Waals surface area contributed by atoms with Gasteiger partial charge in [0, 0.05) is 77.5 Å². The van der Waals surface area contributed by atoms with Crippen molar-refractivity contribution in [3.8, 4) is 0 Å². The Balaban J connectivity index is 1.25. The second kappa shape index (κ2) is 32.9. The monoisotopic (exact) mass is 1160 g/mol. The van der Waals surface area contributed by atoms with E-state index in [0.29, 0.717) is 109 Å². The molecule has 0 aromatic heterocycles. The molecule has 20 heteroatoms. The fraction of sp³-hybridized carbons (Fsp3) is 0.774. The van der Waals surface area contributed by atoms with Crippen LogP contribution in [0.3, 0.4) is 0 Å². The van der Waals surface area contributed by atoms with Crippen LogP contribution in [0.15, 0.2) is 47.6 Å². The predicted octanol–water partition coefficient (Wildman–Crippen LogP) is 6.03. The number of ketones is 3. The first kappa shape index (κ1) is 66.9. The Morgan fingerprint density at radius 1 is 0.854 bits per heavy atom. The molecule has 0 aromatic carbocycles. The predicted molar refractivity (Wildman–Crippen MR) is 304 cm³/mol. The zero-order valence-corrected chi connectivity index (χ0v) is 50.3. The SMILES string of the molecule is CO[C@@H]1C[C@H](C[C@@H](C)[C@@H]2CC(=O)[C@H](C)/C=C(\C)[C@@H](O)[C@@H](OC)C(=O)[C@H](C)C[C@H](C)/C=C/C=C/C=C(\C)C(OCC3COCCO3)C[C@@H]3CC[C@@H](C)[C@@](O)(O3)C(=O)C(=O)N3CCCC[C@H]3C(=O)O2)CC[C@H]1OC(=O)NCCN1CCOCC1. The zero-order valence-electron chi connectivity index (χ0n) is 50.3. The molecule has 462 valence electrons. The van der Waals surface area contributed by atoms with E-state index in [0.717, 1.165) is 18.7 Å². The first-order valence-electron chi connectivity index (χ1n) is 30.2. The van der Waals surface area contributed by atoms with E-state index >= 15 is 0 Å². The minimum absolute atomic E-state index is 0.0218. The smallest absolute Gasteiger partial charge is 0.407 e. The van der Waals surface area contributed by atoms with E-state index in [4.69, 9.17) is 42.6 Å². The first-order chi connectivity index (χ1) is 39.2. The molecule has 0 radical (unpaired) electrons. The van der Waals surface area contributed by atoms with Crippen molar-refractivity contribution in [1.82, 2.24) is 15.1 Å². The Morgan fingerprint density at radius 2 is 1.62 bits per heavy atom. The van der Waals surface area contributed by atoms with Crippen molar-refractivity contribution in [2.75, 3.05) is 86.6 Å². The highest BCUT2D eigenvalue weighted by molar-refractivity contribution is 6.39. The zero-order chi connectivity index (χ0) is 59.5. The normalized spacial score (nSPS) is 37.7. The van der Waals surface area contributed by atoms with Crippen LogP contribution in [-0.4, -0.2) is 203 Å². The molecular weight excluding hydrogens is 1060 g/mol. The Kier molecular flexibility index (Phi) is 26.8. The molecule has 20 nitrogen and oxygen atoms in total. The summed E-state index contributed by atoms with van der Waals surface area (Å²) in [4.78, 5) is 88.6. The number of rotatable bonds is 12. The number of carbonyl (C=O) groups excluding carboxylic acids is 6. The number of hydrogen-bond donors (Lipinski definition) is 3. The highest BCUT2D eigenvalue weighted by atomic mass is 16.6. The molecule has 2 unspecified atom stereocenters. The number of esters is 1. The molecular formula is C62H97N3O17. The summed E-state index contributed by atoms with van der Waals surface area (Å²) in [5, 5.41) is 26.7. The molecule has 0 spiro atoms. The molecule has 1 aliphatic carbocycles. The van der Waals surface area contributed by atoms with Gasteiger partial charge in [0.1, 0.15) is 42.3 Å². The number of aliphatic hydroxyl groups excluding tert-OH is 1. The van der Waals surface area contributed by atoms with E-state index in [2.05, 4.69) is 10.2 Å². The van der Waals surface area contributed by atoms with Crippen LogP contribution >= 0.6 is 0 Å². The Bertz CT molecular complexity index is 2230. The third-order valence-corrected chi connectivity index (χ3v) is 17.6. The van der Waals surface area contributed by atoms with Crippen LogP contribution in [0, 0.1) is 35.5 Å². The van der Waals surface area contributed by atoms with Crippen LogP contribution in [-0.2, 0) is 66.6 Å². The molecule has 5 aliphatic heterocycles. The number of nitrogens with zero attached hydrogens (tertiary/aromatic N) is 2. The average Bonchev–Trinajstić information content (AvgIpc) is 3.52. The number of aliphatic hydroxyl groups is 2. The number of Topliss-reactive ketones (excluding diaryl/α,β-unsaturated/α-hetero) is 3. The van der Waals surface area contributed by atoms with E-state index in [1.54, 1.807) is 34.0 Å². The molecule has 0 aromatic rings. The van der Waals surface area contributed by atoms with Crippen molar-refractivity contribution in [3.05, 3.63) is 47.6 Å². The van der Waals surface area contributed by atoms with Crippen LogP contribution < -0.4 is 5.32 Å². The van der Waals surface area contributed by atoms with E-state index in [9.17, 15) is 39.0 Å². The second-order valence-corrected chi connectivity index (χ2v) is 24.0. The second-order valence-electron chi connectivity index (χ2n) is 24.0. The lowest BCUT2D eigenvalue weighted by Gasteiger charge is -2.43. The summed E-state index contributed by atoms with van der Waals surface area (Å²) in [6, 6.07) is -1.20. The van der Waals surface area contributed by atoms with E-state index in [1.165, 1.54) is 12.0 Å². The van der Waals surface area contributed by atoms with Crippen molar-refractivity contribution in [2.45, 2.75) is 186 Å². The molecule has 6 aliphatic rings. The summed E-state index contributed by atoms with van der Waals surface area (Å²) in [5.74, 6) is -8.51. The van der Waals surface area contributed by atoms with Gasteiger partial charge in [0.15, 0.2) is 5.78 Å². The molecule has 2 bridgehead atoms. The number of cyclic esters (lactones) is 1. The largest absolute Gasteiger partial charge is 0.460 e. The molecule has 3 N–H and O–H groups in total. The van der Waals surface area contributed by atoms with Crippen molar-refractivity contribution in [1.29, 1.82) is 0 Å². The number of allylic oxidation sites excluding steroid dienone is 6. The maximum absolute atomic E-state index is 14.7. The van der Waals surface area contributed by atoms with Crippen molar-refractivity contribution in [3.63, 3.8) is 0 Å². The maximum Gasteiger partial charge on any atom is 0.407 e. The van der Waals surface area contributed by atoms with Gasteiger partial charge in [-0.15, -0.1) is 0 Å². The van der Waals surface area contributed by atoms with Crippen LogP contribution in [0.25, 0.3) is 0 Å². The molecule has 2 amide bonds. The number of amides is 2. The Morgan fingerprint density at radius 3 is 2.34 bits per heavy atom. The Labute approximate surface area is 486 Å². The van der Waals surface area contributed by atoms with Crippen LogP contribution in [0.4, 0.5) is 4.79 Å². The third-order valence-electron chi connectivity index (χ3n) is 17.6. The fourth-order valence-corrected chi connectivity index (χ4v) is 12.3. The molecule has 1 saturated carbocycles. The van der Waals surface area contributed by atoms with Crippen LogP contribution in [0.1, 0.15) is 126 Å². The number of nitrogens with one attached hydrogen (secondary N) is 1. The number of methoxy groups -OCH3 is 2. The van der Waals surface area contributed by atoms with Crippen LogP contribution in [0.2, 0.25) is 0 Å². The summed E-state index contributed by atoms with van der Waals surface area (Å²) in [5.41, 5.74) is 1.20. The highest BCUT2D eigenvalue weighted by Crippen LogP contribution is 2.38. The van der Waals surface area contributed by atoms with Gasteiger partial charge in [0.05, 0.1) is 58.0 Å². The standard InChI is InChI=1S/C62H97N3O17/c1-39-15-11-10-12-16-40(2)52(79-38-48-37-77-29-30-78-48)35-47-20-18-45(7)62(73,82-47)58(69)59(70)65-23-14-13-17-49(65)60(71)80-53(36-50(66)41(3)32-44(6)56(68)57(75-9)55(67)43(5)31-39)42(4)33-46-19-21-51(54(34-46)74-8)81-61(72)63-22-24-64-25-27-76-28-26-64/h10-12,15-16,32,39,41-43,45-49,51-54,56-57,68,73H,13-14,17-31,33-38H2,1-9H3,(H,63,72)/b12-10+,15-11+,40-16+,44-32+/t39-,41-,42-,43-,45-,46+,47+,48?,49+,51-,52?,53+,54-,56-,57+,62-/m1/s1. The number of fused-ring (bicyclic) bond motifs is 3. The minimum atomic E-state index is -2.50. The van der Waals surface area contributed by atoms with Gasteiger partial charge < -0.3 is 63.1 Å².